The third-order valence-corrected chi connectivity index (χ3v) is 4.93. The number of likely N-dealkylation sites (tertiary alicyclic amines) is 1. The molecule has 0 bridgehead atoms. The summed E-state index contributed by atoms with van der Waals surface area (Å²) in [4.78, 5) is 18.5. The van der Waals surface area contributed by atoms with Crippen LogP contribution in [-0.4, -0.2) is 44.2 Å². The van der Waals surface area contributed by atoms with Crippen LogP contribution in [0.2, 0.25) is 0 Å². The lowest BCUT2D eigenvalue weighted by Crippen LogP contribution is -2.39. The number of aromatic hydroxyl groups is 1. The topological polar surface area (TPSA) is 82.1 Å². The summed E-state index contributed by atoms with van der Waals surface area (Å²) in [5.41, 5.74) is 2.80. The molecule has 1 aromatic carbocycles. The monoisotopic (exact) mass is 366 g/mol. The van der Waals surface area contributed by atoms with Gasteiger partial charge in [-0.3, -0.25) is 9.89 Å². The summed E-state index contributed by atoms with van der Waals surface area (Å²) in [7, 11) is 0. The Labute approximate surface area is 155 Å². The Kier molecular flexibility index (Phi) is 4.58. The molecule has 1 fully saturated rings. The summed E-state index contributed by atoms with van der Waals surface area (Å²) in [6.45, 7) is 1.12. The van der Waals surface area contributed by atoms with E-state index < -0.39 is 0 Å². The lowest BCUT2D eigenvalue weighted by Gasteiger charge is -2.32. The van der Waals surface area contributed by atoms with Gasteiger partial charge in [-0.15, -0.1) is 0 Å². The van der Waals surface area contributed by atoms with E-state index in [1.807, 2.05) is 0 Å². The first-order chi connectivity index (χ1) is 13.1. The minimum atomic E-state index is -0.284. The van der Waals surface area contributed by atoms with Gasteiger partial charge >= 0.3 is 0 Å². The lowest BCUT2D eigenvalue weighted by atomic mass is 9.90. The van der Waals surface area contributed by atoms with E-state index in [1.165, 1.54) is 24.4 Å². The second kappa shape index (κ2) is 7.19. The van der Waals surface area contributed by atoms with Crippen molar-refractivity contribution in [1.82, 2.24) is 20.1 Å². The maximum absolute atomic E-state index is 13.2. The maximum Gasteiger partial charge on any atom is 0.276 e. The predicted molar refractivity (Wildman–Crippen MR) is 97.8 cm³/mol. The molecule has 3 heterocycles. The van der Waals surface area contributed by atoms with Crippen LogP contribution in [0, 0.1) is 5.82 Å². The van der Waals surface area contributed by atoms with E-state index in [-0.39, 0.29) is 29.1 Å². The summed E-state index contributed by atoms with van der Waals surface area (Å²) in [5, 5.41) is 17.1. The number of rotatable bonds is 3. The molecule has 0 spiro atoms. The molecule has 1 unspecified atom stereocenters. The SMILES string of the molecule is O=C(c1ncccc1O)N1CCCC(c2[nH]ncc2-c2ccc(F)cc2)C1. The number of hydrogen-bond donors (Lipinski definition) is 2. The molecule has 138 valence electrons. The molecule has 1 amide bonds. The molecule has 7 heteroatoms. The number of aromatic amines is 1. The van der Waals surface area contributed by atoms with E-state index in [1.54, 1.807) is 29.3 Å². The fourth-order valence-corrected chi connectivity index (χ4v) is 3.58. The van der Waals surface area contributed by atoms with Crippen LogP contribution in [0.4, 0.5) is 4.39 Å². The summed E-state index contributed by atoms with van der Waals surface area (Å²) in [6.07, 6.45) is 4.98. The van der Waals surface area contributed by atoms with Crippen LogP contribution in [0.5, 0.6) is 5.75 Å². The van der Waals surface area contributed by atoms with E-state index in [0.29, 0.717) is 13.1 Å². The van der Waals surface area contributed by atoms with Gasteiger partial charge in [0.1, 0.15) is 11.6 Å². The van der Waals surface area contributed by atoms with Crippen LogP contribution in [0.15, 0.2) is 48.8 Å². The molecule has 4 rings (SSSR count). The van der Waals surface area contributed by atoms with Gasteiger partial charge in [0.15, 0.2) is 5.69 Å². The van der Waals surface area contributed by atoms with E-state index >= 15 is 0 Å². The molecule has 1 atom stereocenters. The van der Waals surface area contributed by atoms with Crippen LogP contribution in [0.1, 0.15) is 34.9 Å². The van der Waals surface area contributed by atoms with Gasteiger partial charge in [-0.2, -0.15) is 5.10 Å². The van der Waals surface area contributed by atoms with Gasteiger partial charge in [0.05, 0.1) is 6.20 Å². The first-order valence-corrected chi connectivity index (χ1v) is 8.86. The standard InChI is InChI=1S/C20H19FN4O2/c21-15-7-5-13(6-8-15)16-11-23-24-18(16)14-3-2-10-25(12-14)20(27)19-17(26)4-1-9-22-19/h1,4-9,11,14,26H,2-3,10,12H2,(H,23,24). The fourth-order valence-electron chi connectivity index (χ4n) is 3.58. The maximum atomic E-state index is 13.2. The highest BCUT2D eigenvalue weighted by Crippen LogP contribution is 2.33. The van der Waals surface area contributed by atoms with Gasteiger partial charge < -0.3 is 10.0 Å². The van der Waals surface area contributed by atoms with Crippen LogP contribution in [0.25, 0.3) is 11.1 Å². The molecule has 0 radical (unpaired) electrons. The molecule has 1 aliphatic rings. The van der Waals surface area contributed by atoms with Gasteiger partial charge in [0, 0.05) is 36.5 Å². The van der Waals surface area contributed by atoms with Gasteiger partial charge in [-0.25, -0.2) is 9.37 Å². The number of carbonyl (C=O) groups is 1. The summed E-state index contributed by atoms with van der Waals surface area (Å²) in [6, 6.07) is 9.34. The fraction of sp³-hybridized carbons (Fsp3) is 0.250. The van der Waals surface area contributed by atoms with Crippen molar-refractivity contribution in [3.05, 3.63) is 66.0 Å². The predicted octanol–water partition coefficient (Wildman–Crippen LogP) is 3.34. The van der Waals surface area contributed by atoms with Gasteiger partial charge in [0.2, 0.25) is 0 Å². The minimum absolute atomic E-state index is 0.0709. The molecule has 1 aliphatic heterocycles. The van der Waals surface area contributed by atoms with Crippen LogP contribution in [-0.2, 0) is 0 Å². The Balaban J connectivity index is 1.58. The number of pyridine rings is 1. The van der Waals surface area contributed by atoms with Crippen LogP contribution < -0.4 is 0 Å². The molecule has 27 heavy (non-hydrogen) atoms. The average molecular weight is 366 g/mol. The summed E-state index contributed by atoms with van der Waals surface area (Å²) in [5.74, 6) is -0.594. The molecule has 6 nitrogen and oxygen atoms in total. The number of piperidine rings is 1. The lowest BCUT2D eigenvalue weighted by molar-refractivity contribution is 0.0696. The first-order valence-electron chi connectivity index (χ1n) is 8.86. The first kappa shape index (κ1) is 17.2. The van der Waals surface area contributed by atoms with Crippen LogP contribution in [0.3, 0.4) is 0 Å². The van der Waals surface area contributed by atoms with Crippen molar-refractivity contribution in [1.29, 1.82) is 0 Å². The highest BCUT2D eigenvalue weighted by atomic mass is 19.1. The van der Waals surface area contributed by atoms with E-state index in [9.17, 15) is 14.3 Å². The van der Waals surface area contributed by atoms with Crippen molar-refractivity contribution < 1.29 is 14.3 Å². The van der Waals surface area contributed by atoms with Gasteiger partial charge in [-0.1, -0.05) is 12.1 Å². The van der Waals surface area contributed by atoms with Crippen molar-refractivity contribution in [3.63, 3.8) is 0 Å². The van der Waals surface area contributed by atoms with E-state index in [0.717, 1.165) is 29.7 Å². The van der Waals surface area contributed by atoms with Crippen molar-refractivity contribution in [3.8, 4) is 16.9 Å². The number of nitrogens with zero attached hydrogens (tertiary/aromatic N) is 3. The number of amides is 1. The molecule has 2 N–H and O–H groups in total. The highest BCUT2D eigenvalue weighted by molar-refractivity contribution is 5.94. The quantitative estimate of drug-likeness (QED) is 0.745. The average Bonchev–Trinajstić information content (AvgIpc) is 3.18. The zero-order valence-electron chi connectivity index (χ0n) is 14.6. The Morgan fingerprint density at radius 3 is 2.85 bits per heavy atom. The smallest absolute Gasteiger partial charge is 0.276 e. The van der Waals surface area contributed by atoms with Crippen molar-refractivity contribution in [2.24, 2.45) is 0 Å². The van der Waals surface area contributed by atoms with Crippen molar-refractivity contribution in [2.45, 2.75) is 18.8 Å². The third kappa shape index (κ3) is 3.40. The zero-order valence-corrected chi connectivity index (χ0v) is 14.6. The second-order valence-electron chi connectivity index (χ2n) is 6.67. The number of nitrogens with one attached hydrogen (secondary N) is 1. The minimum Gasteiger partial charge on any atom is -0.505 e. The number of aromatic nitrogens is 3. The van der Waals surface area contributed by atoms with Crippen molar-refractivity contribution >= 4 is 5.91 Å². The number of H-pyrrole nitrogens is 1. The summed E-state index contributed by atoms with van der Waals surface area (Å²) >= 11 is 0. The van der Waals surface area contributed by atoms with Gasteiger partial charge in [-0.05, 0) is 42.7 Å². The number of carbonyl (C=O) groups excluding carboxylic acids is 1. The number of hydrogen-bond acceptors (Lipinski definition) is 4. The summed E-state index contributed by atoms with van der Waals surface area (Å²) < 4.78 is 13.2. The van der Waals surface area contributed by atoms with Gasteiger partial charge in [0.25, 0.3) is 5.91 Å². The molecule has 2 aromatic heterocycles. The Morgan fingerprint density at radius 1 is 1.26 bits per heavy atom. The number of benzene rings is 1. The van der Waals surface area contributed by atoms with E-state index in [4.69, 9.17) is 0 Å². The highest BCUT2D eigenvalue weighted by Gasteiger charge is 2.29. The van der Waals surface area contributed by atoms with Crippen LogP contribution >= 0.6 is 0 Å². The normalized spacial score (nSPS) is 17.1. The molecule has 3 aromatic rings. The zero-order chi connectivity index (χ0) is 18.8. The molecule has 0 aliphatic carbocycles. The third-order valence-electron chi connectivity index (χ3n) is 4.93. The Bertz CT molecular complexity index is 955. The Morgan fingerprint density at radius 2 is 2.07 bits per heavy atom. The Hall–Kier alpha value is -3.22. The molecule has 0 saturated carbocycles. The number of halogens is 1. The largest absolute Gasteiger partial charge is 0.505 e. The molecular formula is C20H19FN4O2. The molecular weight excluding hydrogens is 347 g/mol. The second-order valence-corrected chi connectivity index (χ2v) is 6.67. The molecule has 1 saturated heterocycles. The van der Waals surface area contributed by atoms with E-state index in [2.05, 4.69) is 15.2 Å². The van der Waals surface area contributed by atoms with Crippen molar-refractivity contribution in [2.75, 3.05) is 13.1 Å².